The molecule has 5 rings (SSSR count). The van der Waals surface area contributed by atoms with Gasteiger partial charge in [0.15, 0.2) is 5.78 Å². The van der Waals surface area contributed by atoms with E-state index in [1.54, 1.807) is 6.20 Å². The number of amides is 1. The minimum Gasteiger partial charge on any atom is -0.368 e. The molecule has 11 heteroatoms. The number of hydrogen-bond donors (Lipinski definition) is 2. The van der Waals surface area contributed by atoms with Crippen molar-refractivity contribution in [3.05, 3.63) is 39.1 Å². The molecule has 0 saturated carbocycles. The minimum absolute atomic E-state index is 0.0850. The third-order valence-electron chi connectivity index (χ3n) is 6.95. The predicted octanol–water partition coefficient (Wildman–Crippen LogP) is 1.87. The first-order valence-electron chi connectivity index (χ1n) is 11.7. The molecule has 0 aromatic carbocycles. The molecule has 3 aromatic rings. The fourth-order valence-corrected chi connectivity index (χ4v) is 5.88. The summed E-state index contributed by atoms with van der Waals surface area (Å²) in [5.74, 6) is 0.182. The highest BCUT2D eigenvalue weighted by molar-refractivity contribution is 7.09. The normalized spacial score (nSPS) is 18.5. The van der Waals surface area contributed by atoms with Crippen molar-refractivity contribution in [1.29, 1.82) is 0 Å². The van der Waals surface area contributed by atoms with Crippen molar-refractivity contribution in [2.45, 2.75) is 51.0 Å². The van der Waals surface area contributed by atoms with Crippen molar-refractivity contribution in [2.24, 2.45) is 0 Å². The number of likely N-dealkylation sites (tertiary alicyclic amines) is 1. The van der Waals surface area contributed by atoms with Crippen LogP contribution < -0.4 is 5.73 Å². The summed E-state index contributed by atoms with van der Waals surface area (Å²) in [6.07, 6.45) is 3.82. The number of fused-ring (bicyclic) bond motifs is 3. The van der Waals surface area contributed by atoms with Crippen LogP contribution in [0.3, 0.4) is 0 Å². The van der Waals surface area contributed by atoms with Gasteiger partial charge in [0.2, 0.25) is 11.9 Å². The number of carbonyl (C=O) groups is 2. The topological polar surface area (TPSA) is 134 Å². The van der Waals surface area contributed by atoms with Gasteiger partial charge in [-0.15, -0.1) is 11.3 Å². The first-order chi connectivity index (χ1) is 16.6. The van der Waals surface area contributed by atoms with Crippen LogP contribution in [0.4, 0.5) is 5.95 Å². The van der Waals surface area contributed by atoms with Crippen molar-refractivity contribution in [1.82, 2.24) is 34.9 Å². The third kappa shape index (κ3) is 4.45. The van der Waals surface area contributed by atoms with Gasteiger partial charge < -0.3 is 15.5 Å². The van der Waals surface area contributed by atoms with E-state index in [2.05, 4.69) is 43.9 Å². The molecule has 0 radical (unpaired) electrons. The van der Waals surface area contributed by atoms with Gasteiger partial charge in [-0.2, -0.15) is 5.10 Å². The quantitative estimate of drug-likeness (QED) is 0.496. The number of thiazole rings is 1. The second-order valence-corrected chi connectivity index (χ2v) is 11.2. The molecular weight excluding hydrogens is 464 g/mol. The first-order valence-corrected chi connectivity index (χ1v) is 12.6. The first kappa shape index (κ1) is 23.6. The van der Waals surface area contributed by atoms with E-state index in [1.807, 2.05) is 24.4 Å². The molecule has 0 spiro atoms. The number of nitrogens with one attached hydrogen (secondary N) is 1. The summed E-state index contributed by atoms with van der Waals surface area (Å²) in [5.41, 5.74) is 9.83. The fraction of sp³-hybridized carbons (Fsp3) is 0.500. The number of likely N-dealkylation sites (N-methyl/N-ethyl adjacent to an activating group) is 1. The predicted molar refractivity (Wildman–Crippen MR) is 133 cm³/mol. The number of nitrogen functional groups attached to an aromatic ring is 1. The summed E-state index contributed by atoms with van der Waals surface area (Å²) in [4.78, 5) is 43.2. The lowest BCUT2D eigenvalue weighted by Gasteiger charge is -2.30. The zero-order valence-electron chi connectivity index (χ0n) is 20.5. The smallest absolute Gasteiger partial charge is 0.228 e. The van der Waals surface area contributed by atoms with Gasteiger partial charge in [0, 0.05) is 36.3 Å². The Balaban J connectivity index is 1.30. The standard InChI is InChI=1S/C24H30N8O2S/c1-24(2)9-13-10-26-23(25)28-20(13)22-19(24)21(29-30-22)16(33)8-17-27-14(12-35-17)7-18(34)32-6-5-15(11-32)31(3)4/h10,12,15H,5-9,11H2,1-4H3,(H,29,30)(H2,25,26,28)/t15-/m0/s1. The Kier molecular flexibility index (Phi) is 5.92. The van der Waals surface area contributed by atoms with Crippen LogP contribution >= 0.6 is 11.3 Å². The molecule has 3 aromatic heterocycles. The average molecular weight is 495 g/mol. The van der Waals surface area contributed by atoms with Crippen LogP contribution in [-0.4, -0.2) is 79.9 Å². The molecular formula is C24H30N8O2S. The molecule has 10 nitrogen and oxygen atoms in total. The molecule has 1 atom stereocenters. The molecule has 1 fully saturated rings. The Morgan fingerprint density at radius 2 is 2.06 bits per heavy atom. The van der Waals surface area contributed by atoms with Crippen LogP contribution in [0, 0.1) is 0 Å². The Labute approximate surface area is 208 Å². The van der Waals surface area contributed by atoms with Gasteiger partial charge in [0.25, 0.3) is 0 Å². The molecule has 3 N–H and O–H groups in total. The number of aromatic nitrogens is 5. The van der Waals surface area contributed by atoms with Crippen molar-refractivity contribution >= 4 is 29.0 Å². The van der Waals surface area contributed by atoms with Gasteiger partial charge in [-0.3, -0.25) is 14.7 Å². The number of nitrogens with zero attached hydrogens (tertiary/aromatic N) is 6. The third-order valence-corrected chi connectivity index (χ3v) is 7.85. The Hall–Kier alpha value is -3.18. The molecule has 1 aliphatic carbocycles. The largest absolute Gasteiger partial charge is 0.368 e. The molecule has 184 valence electrons. The van der Waals surface area contributed by atoms with Gasteiger partial charge in [-0.05, 0) is 37.9 Å². The zero-order valence-corrected chi connectivity index (χ0v) is 21.3. The summed E-state index contributed by atoms with van der Waals surface area (Å²) >= 11 is 1.41. The van der Waals surface area contributed by atoms with Crippen molar-refractivity contribution < 1.29 is 9.59 Å². The number of anilines is 1. The highest BCUT2D eigenvalue weighted by Crippen LogP contribution is 2.43. The Bertz CT molecular complexity index is 1290. The number of nitrogens with two attached hydrogens (primary N) is 1. The highest BCUT2D eigenvalue weighted by Gasteiger charge is 2.38. The SMILES string of the molecule is CN(C)[C@H]1CCN(C(=O)Cc2csc(CC(=O)c3[nH]nc4c3C(C)(C)Cc3cnc(N)nc3-4)n2)C1. The number of carbonyl (C=O) groups excluding carboxylic acids is 2. The number of Topliss-reactive ketones (excluding diaryl/α,β-unsaturated/α-hetero) is 1. The molecule has 1 aliphatic heterocycles. The van der Waals surface area contributed by atoms with E-state index in [4.69, 9.17) is 5.73 Å². The van der Waals surface area contributed by atoms with Crippen LogP contribution in [0.1, 0.15) is 52.6 Å². The monoisotopic (exact) mass is 494 g/mol. The molecule has 0 unspecified atom stereocenters. The highest BCUT2D eigenvalue weighted by atomic mass is 32.1. The van der Waals surface area contributed by atoms with Crippen LogP contribution in [0.15, 0.2) is 11.6 Å². The summed E-state index contributed by atoms with van der Waals surface area (Å²) < 4.78 is 0. The zero-order chi connectivity index (χ0) is 24.9. The number of hydrogen-bond acceptors (Lipinski definition) is 9. The second-order valence-electron chi connectivity index (χ2n) is 10.2. The number of H-pyrrole nitrogens is 1. The van der Waals surface area contributed by atoms with Gasteiger partial charge in [0.1, 0.15) is 16.4 Å². The summed E-state index contributed by atoms with van der Waals surface area (Å²) in [7, 11) is 4.09. The van der Waals surface area contributed by atoms with E-state index in [0.29, 0.717) is 40.2 Å². The van der Waals surface area contributed by atoms with Crippen LogP contribution in [0.2, 0.25) is 0 Å². The lowest BCUT2D eigenvalue weighted by Crippen LogP contribution is -2.35. The molecule has 0 bridgehead atoms. The van der Waals surface area contributed by atoms with E-state index in [1.165, 1.54) is 11.3 Å². The molecule has 35 heavy (non-hydrogen) atoms. The van der Waals surface area contributed by atoms with Crippen molar-refractivity contribution in [3.8, 4) is 11.4 Å². The van der Waals surface area contributed by atoms with E-state index < -0.39 is 0 Å². The van der Waals surface area contributed by atoms with E-state index in [9.17, 15) is 9.59 Å². The molecule has 1 amide bonds. The fourth-order valence-electron chi connectivity index (χ4n) is 5.09. The van der Waals surface area contributed by atoms with Crippen LogP contribution in [-0.2, 0) is 29.5 Å². The van der Waals surface area contributed by atoms with Crippen molar-refractivity contribution in [3.63, 3.8) is 0 Å². The van der Waals surface area contributed by atoms with E-state index in [-0.39, 0.29) is 35.9 Å². The lowest BCUT2D eigenvalue weighted by molar-refractivity contribution is -0.129. The van der Waals surface area contributed by atoms with Crippen LogP contribution in [0.5, 0.6) is 0 Å². The molecule has 4 heterocycles. The second kappa shape index (κ2) is 8.80. The summed E-state index contributed by atoms with van der Waals surface area (Å²) in [6, 6.07) is 0.405. The van der Waals surface area contributed by atoms with Crippen LogP contribution in [0.25, 0.3) is 11.4 Å². The number of rotatable bonds is 6. The Morgan fingerprint density at radius 3 is 2.80 bits per heavy atom. The Morgan fingerprint density at radius 1 is 1.26 bits per heavy atom. The molecule has 1 saturated heterocycles. The minimum atomic E-state index is -0.319. The summed E-state index contributed by atoms with van der Waals surface area (Å²) in [6.45, 7) is 5.70. The lowest BCUT2D eigenvalue weighted by atomic mass is 9.73. The van der Waals surface area contributed by atoms with E-state index in [0.717, 1.165) is 30.6 Å². The van der Waals surface area contributed by atoms with Crippen molar-refractivity contribution in [2.75, 3.05) is 32.9 Å². The van der Waals surface area contributed by atoms with Gasteiger partial charge >= 0.3 is 0 Å². The molecule has 2 aliphatic rings. The van der Waals surface area contributed by atoms with Gasteiger partial charge in [-0.1, -0.05) is 13.8 Å². The van der Waals surface area contributed by atoms with E-state index >= 15 is 0 Å². The summed E-state index contributed by atoms with van der Waals surface area (Å²) in [5, 5.41) is 9.96. The maximum absolute atomic E-state index is 13.3. The number of ketones is 1. The average Bonchev–Trinajstić information content (AvgIpc) is 3.54. The maximum Gasteiger partial charge on any atom is 0.228 e. The number of aromatic amines is 1. The van der Waals surface area contributed by atoms with Gasteiger partial charge in [0.05, 0.1) is 24.2 Å². The van der Waals surface area contributed by atoms with Gasteiger partial charge in [-0.25, -0.2) is 15.0 Å². The maximum atomic E-state index is 13.3.